The standard InChI is InChI=1S/C18H26O3/c1-13-6-5-7-14(12-13)17(19)21-20-16-10-8-15(9-11-16)18(2,3)4/h5-7,12,15-16H,8-11H2,1-4H3. The lowest BCUT2D eigenvalue weighted by atomic mass is 9.72. The fourth-order valence-electron chi connectivity index (χ4n) is 2.96. The molecule has 0 amide bonds. The summed E-state index contributed by atoms with van der Waals surface area (Å²) in [5, 5.41) is 0. The number of carbonyl (C=O) groups is 1. The third-order valence-corrected chi connectivity index (χ3v) is 4.41. The van der Waals surface area contributed by atoms with E-state index in [0.29, 0.717) is 11.0 Å². The van der Waals surface area contributed by atoms with Crippen LogP contribution in [0.4, 0.5) is 0 Å². The van der Waals surface area contributed by atoms with Gasteiger partial charge in [-0.1, -0.05) is 38.5 Å². The monoisotopic (exact) mass is 290 g/mol. The number of benzene rings is 1. The first-order valence-electron chi connectivity index (χ1n) is 7.80. The van der Waals surface area contributed by atoms with Gasteiger partial charge in [0.15, 0.2) is 0 Å². The van der Waals surface area contributed by atoms with Crippen LogP contribution in [-0.4, -0.2) is 12.1 Å². The molecule has 0 aromatic heterocycles. The molecule has 1 aromatic carbocycles. The molecule has 2 rings (SSSR count). The van der Waals surface area contributed by atoms with Gasteiger partial charge in [-0.15, -0.1) is 0 Å². The van der Waals surface area contributed by atoms with E-state index in [-0.39, 0.29) is 6.10 Å². The summed E-state index contributed by atoms with van der Waals surface area (Å²) in [6.07, 6.45) is 4.23. The Morgan fingerprint density at radius 1 is 1.14 bits per heavy atom. The molecule has 1 saturated carbocycles. The molecular weight excluding hydrogens is 264 g/mol. The second-order valence-corrected chi connectivity index (χ2v) is 7.18. The van der Waals surface area contributed by atoms with E-state index in [1.54, 1.807) is 6.07 Å². The van der Waals surface area contributed by atoms with Crippen molar-refractivity contribution in [1.29, 1.82) is 0 Å². The lowest BCUT2D eigenvalue weighted by molar-refractivity contribution is -0.281. The first-order valence-corrected chi connectivity index (χ1v) is 7.80. The molecule has 1 aromatic rings. The van der Waals surface area contributed by atoms with Gasteiger partial charge < -0.3 is 0 Å². The molecular formula is C18H26O3. The summed E-state index contributed by atoms with van der Waals surface area (Å²) in [4.78, 5) is 22.3. The fraction of sp³-hybridized carbons (Fsp3) is 0.611. The molecule has 0 saturated heterocycles. The molecule has 0 unspecified atom stereocenters. The predicted octanol–water partition coefficient (Wildman–Crippen LogP) is 4.69. The number of aryl methyl sites for hydroxylation is 1. The zero-order valence-electron chi connectivity index (χ0n) is 13.5. The maximum atomic E-state index is 11.9. The van der Waals surface area contributed by atoms with Crippen LogP contribution >= 0.6 is 0 Å². The van der Waals surface area contributed by atoms with E-state index in [1.807, 2.05) is 25.1 Å². The third-order valence-electron chi connectivity index (χ3n) is 4.41. The summed E-state index contributed by atoms with van der Waals surface area (Å²) in [5.41, 5.74) is 1.93. The molecule has 0 heterocycles. The van der Waals surface area contributed by atoms with Gasteiger partial charge in [0.2, 0.25) is 0 Å². The first kappa shape index (κ1) is 16.0. The van der Waals surface area contributed by atoms with E-state index in [1.165, 1.54) is 0 Å². The van der Waals surface area contributed by atoms with Crippen molar-refractivity contribution in [2.75, 3.05) is 0 Å². The average molecular weight is 290 g/mol. The van der Waals surface area contributed by atoms with Crippen molar-refractivity contribution in [3.05, 3.63) is 35.4 Å². The van der Waals surface area contributed by atoms with Crippen LogP contribution in [0.25, 0.3) is 0 Å². The van der Waals surface area contributed by atoms with E-state index in [2.05, 4.69) is 20.8 Å². The van der Waals surface area contributed by atoms with E-state index in [0.717, 1.165) is 37.2 Å². The molecule has 0 spiro atoms. The Morgan fingerprint density at radius 3 is 2.38 bits per heavy atom. The van der Waals surface area contributed by atoms with Crippen molar-refractivity contribution in [1.82, 2.24) is 0 Å². The molecule has 0 bridgehead atoms. The number of rotatable bonds is 3. The summed E-state index contributed by atoms with van der Waals surface area (Å²) in [7, 11) is 0. The fourth-order valence-corrected chi connectivity index (χ4v) is 2.96. The summed E-state index contributed by atoms with van der Waals surface area (Å²) in [6.45, 7) is 8.81. The van der Waals surface area contributed by atoms with Gasteiger partial charge in [-0.05, 0) is 56.1 Å². The maximum Gasteiger partial charge on any atom is 0.373 e. The van der Waals surface area contributed by atoms with E-state index in [9.17, 15) is 4.79 Å². The van der Waals surface area contributed by atoms with Crippen molar-refractivity contribution in [3.63, 3.8) is 0 Å². The second kappa shape index (κ2) is 6.61. The van der Waals surface area contributed by atoms with Gasteiger partial charge in [0.25, 0.3) is 0 Å². The second-order valence-electron chi connectivity index (χ2n) is 7.18. The highest BCUT2D eigenvalue weighted by Crippen LogP contribution is 2.38. The summed E-state index contributed by atoms with van der Waals surface area (Å²) >= 11 is 0. The highest BCUT2D eigenvalue weighted by molar-refractivity contribution is 5.89. The zero-order chi connectivity index (χ0) is 15.5. The van der Waals surface area contributed by atoms with Gasteiger partial charge in [-0.25, -0.2) is 4.79 Å². The predicted molar refractivity (Wildman–Crippen MR) is 82.9 cm³/mol. The normalized spacial score (nSPS) is 22.9. The molecule has 0 N–H and O–H groups in total. The number of carbonyl (C=O) groups excluding carboxylic acids is 1. The van der Waals surface area contributed by atoms with Crippen LogP contribution in [0.15, 0.2) is 24.3 Å². The van der Waals surface area contributed by atoms with Crippen LogP contribution in [0.3, 0.4) is 0 Å². The van der Waals surface area contributed by atoms with Crippen LogP contribution in [0, 0.1) is 18.3 Å². The molecule has 0 aliphatic heterocycles. The molecule has 3 nitrogen and oxygen atoms in total. The largest absolute Gasteiger partial charge is 0.373 e. The average Bonchev–Trinajstić information content (AvgIpc) is 2.44. The summed E-state index contributed by atoms with van der Waals surface area (Å²) < 4.78 is 0. The SMILES string of the molecule is Cc1cccc(C(=O)OOC2CCC(C(C)(C)C)CC2)c1. The Labute approximate surface area is 127 Å². The van der Waals surface area contributed by atoms with Crippen LogP contribution in [0.1, 0.15) is 62.4 Å². The van der Waals surface area contributed by atoms with Gasteiger partial charge in [0.05, 0.1) is 5.56 Å². The molecule has 116 valence electrons. The topological polar surface area (TPSA) is 35.5 Å². The zero-order valence-corrected chi connectivity index (χ0v) is 13.5. The van der Waals surface area contributed by atoms with Crippen LogP contribution < -0.4 is 0 Å². The van der Waals surface area contributed by atoms with E-state index in [4.69, 9.17) is 9.78 Å². The Hall–Kier alpha value is -1.35. The lowest BCUT2D eigenvalue weighted by Gasteiger charge is -2.36. The quantitative estimate of drug-likeness (QED) is 0.598. The van der Waals surface area contributed by atoms with Crippen molar-refractivity contribution >= 4 is 5.97 Å². The summed E-state index contributed by atoms with van der Waals surface area (Å²) in [6, 6.07) is 7.35. The van der Waals surface area contributed by atoms with Crippen molar-refractivity contribution < 1.29 is 14.6 Å². The molecule has 21 heavy (non-hydrogen) atoms. The van der Waals surface area contributed by atoms with Gasteiger partial charge in [0.1, 0.15) is 6.10 Å². The Balaban J connectivity index is 1.78. The van der Waals surface area contributed by atoms with Gasteiger partial charge in [-0.2, -0.15) is 4.89 Å². The molecule has 0 radical (unpaired) electrons. The molecule has 1 aliphatic rings. The molecule has 3 heteroatoms. The van der Waals surface area contributed by atoms with Gasteiger partial charge in [0, 0.05) is 0 Å². The summed E-state index contributed by atoms with van der Waals surface area (Å²) in [5.74, 6) is 0.321. The van der Waals surface area contributed by atoms with Crippen molar-refractivity contribution in [2.24, 2.45) is 11.3 Å². The number of hydrogen-bond acceptors (Lipinski definition) is 3. The number of hydrogen-bond donors (Lipinski definition) is 0. The maximum absolute atomic E-state index is 11.9. The van der Waals surface area contributed by atoms with Crippen LogP contribution in [0.2, 0.25) is 0 Å². The van der Waals surface area contributed by atoms with E-state index < -0.39 is 5.97 Å². The molecule has 0 atom stereocenters. The Kier molecular flexibility index (Phi) is 5.04. The minimum Gasteiger partial charge on any atom is -0.293 e. The first-order chi connectivity index (χ1) is 9.86. The Morgan fingerprint density at radius 2 is 1.81 bits per heavy atom. The van der Waals surface area contributed by atoms with Crippen LogP contribution in [-0.2, 0) is 9.78 Å². The molecule has 1 aliphatic carbocycles. The smallest absolute Gasteiger partial charge is 0.293 e. The minimum absolute atomic E-state index is 0.0392. The highest BCUT2D eigenvalue weighted by Gasteiger charge is 2.30. The van der Waals surface area contributed by atoms with Gasteiger partial charge >= 0.3 is 5.97 Å². The lowest BCUT2D eigenvalue weighted by Crippen LogP contribution is -2.29. The minimum atomic E-state index is -0.406. The molecule has 1 fully saturated rings. The van der Waals surface area contributed by atoms with Gasteiger partial charge in [-0.3, -0.25) is 4.89 Å². The Bertz CT molecular complexity index is 479. The van der Waals surface area contributed by atoms with Crippen molar-refractivity contribution in [2.45, 2.75) is 59.5 Å². The van der Waals surface area contributed by atoms with Crippen molar-refractivity contribution in [3.8, 4) is 0 Å². The highest BCUT2D eigenvalue weighted by atomic mass is 17.2. The van der Waals surface area contributed by atoms with E-state index >= 15 is 0 Å². The third kappa shape index (κ3) is 4.57. The van der Waals surface area contributed by atoms with Crippen LogP contribution in [0.5, 0.6) is 0 Å².